The fraction of sp³-hybridized carbons (Fsp3) is 0.282. The van der Waals surface area contributed by atoms with Crippen LogP contribution in [0.4, 0.5) is 5.69 Å². The summed E-state index contributed by atoms with van der Waals surface area (Å²) >= 11 is 6.13. The zero-order valence-corrected chi connectivity index (χ0v) is 30.7. The van der Waals surface area contributed by atoms with Gasteiger partial charge in [-0.1, -0.05) is 41.4 Å². The minimum atomic E-state index is 0. The van der Waals surface area contributed by atoms with Crippen LogP contribution in [-0.2, 0) is 13.1 Å². The summed E-state index contributed by atoms with van der Waals surface area (Å²) in [5, 5.41) is 0.739. The number of piperidine rings is 1. The molecule has 0 amide bonds. The summed E-state index contributed by atoms with van der Waals surface area (Å²) in [6, 6.07) is 30.7. The molecule has 1 aliphatic heterocycles. The number of aromatic nitrogens is 2. The van der Waals surface area contributed by atoms with Gasteiger partial charge < -0.3 is 4.90 Å². The van der Waals surface area contributed by atoms with Gasteiger partial charge in [-0.25, -0.2) is 0 Å². The number of rotatable bonds is 8. The highest BCUT2D eigenvalue weighted by Crippen LogP contribution is 2.29. The number of pyridine rings is 2. The number of nitrogens with zero attached hydrogens (tertiary/aromatic N) is 4. The lowest BCUT2D eigenvalue weighted by Crippen LogP contribution is -2.44. The number of halogens is 4. The summed E-state index contributed by atoms with van der Waals surface area (Å²) in [7, 11) is 0. The summed E-state index contributed by atoms with van der Waals surface area (Å²) in [4.78, 5) is 14.6. The third-order valence-corrected chi connectivity index (χ3v) is 9.39. The first-order chi connectivity index (χ1) is 21.3. The summed E-state index contributed by atoms with van der Waals surface area (Å²) in [5.41, 5.74) is 13.5. The third-order valence-electron chi connectivity index (χ3n) is 9.13. The second kappa shape index (κ2) is 17.3. The first-order valence-electron chi connectivity index (χ1n) is 15.6. The van der Waals surface area contributed by atoms with Crippen molar-refractivity contribution in [1.29, 1.82) is 0 Å². The Hall–Kier alpha value is -3.12. The third kappa shape index (κ3) is 9.49. The van der Waals surface area contributed by atoms with E-state index in [-0.39, 0.29) is 37.2 Å². The molecular weight excluding hydrogens is 666 g/mol. The van der Waals surface area contributed by atoms with Crippen molar-refractivity contribution in [2.24, 2.45) is 0 Å². The topological polar surface area (TPSA) is 32.3 Å². The van der Waals surface area contributed by atoms with Gasteiger partial charge in [-0.15, -0.1) is 37.2 Å². The quantitative estimate of drug-likeness (QED) is 0.161. The van der Waals surface area contributed by atoms with Crippen LogP contribution in [0.2, 0.25) is 5.02 Å². The van der Waals surface area contributed by atoms with Crippen molar-refractivity contribution in [3.05, 3.63) is 136 Å². The van der Waals surface area contributed by atoms with Crippen LogP contribution in [-0.4, -0.2) is 34.0 Å². The highest BCUT2D eigenvalue weighted by atomic mass is 35.5. The maximum absolute atomic E-state index is 6.13. The Labute approximate surface area is 303 Å². The number of hydrogen-bond acceptors (Lipinski definition) is 4. The molecule has 3 heterocycles. The average molecular weight is 711 g/mol. The van der Waals surface area contributed by atoms with Crippen LogP contribution in [0.5, 0.6) is 0 Å². The smallest absolute Gasteiger partial charge is 0.0705 e. The molecule has 1 saturated heterocycles. The maximum Gasteiger partial charge on any atom is 0.0705 e. The molecule has 47 heavy (non-hydrogen) atoms. The van der Waals surface area contributed by atoms with Crippen LogP contribution in [0, 0.1) is 27.7 Å². The molecule has 248 valence electrons. The lowest BCUT2D eigenvalue weighted by atomic mass is 9.98. The second-order valence-corrected chi connectivity index (χ2v) is 12.7. The Bertz CT molecular complexity index is 1710. The van der Waals surface area contributed by atoms with E-state index in [9.17, 15) is 0 Å². The molecule has 0 aliphatic carbocycles. The molecule has 4 nitrogen and oxygen atoms in total. The van der Waals surface area contributed by atoms with Crippen LogP contribution < -0.4 is 4.90 Å². The molecule has 0 bridgehead atoms. The summed E-state index contributed by atoms with van der Waals surface area (Å²) < 4.78 is 0. The van der Waals surface area contributed by atoms with Gasteiger partial charge in [0.2, 0.25) is 0 Å². The van der Waals surface area contributed by atoms with E-state index in [1.54, 1.807) is 0 Å². The van der Waals surface area contributed by atoms with E-state index >= 15 is 0 Å². The number of aryl methyl sites for hydroxylation is 3. The van der Waals surface area contributed by atoms with Crippen molar-refractivity contribution in [3.63, 3.8) is 0 Å². The van der Waals surface area contributed by atoms with Crippen molar-refractivity contribution >= 4 is 54.5 Å². The van der Waals surface area contributed by atoms with Crippen LogP contribution >= 0.6 is 48.8 Å². The monoisotopic (exact) mass is 708 g/mol. The molecule has 6 rings (SSSR count). The van der Waals surface area contributed by atoms with Gasteiger partial charge in [0.25, 0.3) is 0 Å². The highest BCUT2D eigenvalue weighted by Gasteiger charge is 2.25. The second-order valence-electron chi connectivity index (χ2n) is 12.3. The molecule has 0 unspecified atom stereocenters. The van der Waals surface area contributed by atoms with Crippen LogP contribution in [0.25, 0.3) is 22.5 Å². The van der Waals surface area contributed by atoms with Gasteiger partial charge >= 0.3 is 0 Å². The zero-order chi connectivity index (χ0) is 30.6. The summed E-state index contributed by atoms with van der Waals surface area (Å²) in [6.45, 7) is 12.7. The molecule has 2 aromatic heterocycles. The number of benzene rings is 3. The number of hydrogen-bond donors (Lipinski definition) is 0. The van der Waals surface area contributed by atoms with E-state index in [4.69, 9.17) is 16.6 Å². The van der Waals surface area contributed by atoms with Gasteiger partial charge in [-0.05, 0) is 129 Å². The van der Waals surface area contributed by atoms with E-state index in [1.807, 2.05) is 36.7 Å². The Kier molecular flexibility index (Phi) is 14.1. The van der Waals surface area contributed by atoms with Crippen molar-refractivity contribution in [2.45, 2.75) is 59.7 Å². The van der Waals surface area contributed by atoms with Crippen molar-refractivity contribution in [3.8, 4) is 22.5 Å². The summed E-state index contributed by atoms with van der Waals surface area (Å²) in [6.07, 6.45) is 6.14. The lowest BCUT2D eigenvalue weighted by Gasteiger charge is -2.40. The van der Waals surface area contributed by atoms with E-state index in [0.29, 0.717) is 6.04 Å². The zero-order valence-electron chi connectivity index (χ0n) is 27.4. The lowest BCUT2D eigenvalue weighted by molar-refractivity contribution is 0.201. The molecular formula is C39H44Cl4N4. The number of likely N-dealkylation sites (tertiary alicyclic amines) is 1. The maximum atomic E-state index is 6.13. The minimum Gasteiger partial charge on any atom is -0.364 e. The SMILES string of the molecule is Cc1ccc(N(Cc2ccnc(-c3ccc(Cl)cc3)c2)C2CCN(Cc3ccnc(-c4cc(C)c(C)c(C)c4)c3)CC2)cc1.Cl.Cl.Cl. The molecule has 8 heteroatoms. The molecule has 0 atom stereocenters. The molecule has 5 aromatic rings. The molecule has 0 saturated carbocycles. The molecule has 0 radical (unpaired) electrons. The molecule has 3 aromatic carbocycles. The molecule has 0 N–H and O–H groups in total. The van der Waals surface area contributed by atoms with Crippen LogP contribution in [0.1, 0.15) is 46.2 Å². The van der Waals surface area contributed by atoms with Crippen molar-refractivity contribution in [2.75, 3.05) is 18.0 Å². The van der Waals surface area contributed by atoms with Crippen molar-refractivity contribution < 1.29 is 0 Å². The largest absolute Gasteiger partial charge is 0.364 e. The minimum absolute atomic E-state index is 0. The normalized spacial score (nSPS) is 13.2. The van der Waals surface area contributed by atoms with Gasteiger partial charge in [-0.3, -0.25) is 14.9 Å². The predicted molar refractivity (Wildman–Crippen MR) is 206 cm³/mol. The predicted octanol–water partition coefficient (Wildman–Crippen LogP) is 10.6. The fourth-order valence-electron chi connectivity index (χ4n) is 6.28. The molecule has 0 spiro atoms. The van der Waals surface area contributed by atoms with E-state index in [1.165, 1.54) is 44.6 Å². The van der Waals surface area contributed by atoms with Gasteiger partial charge in [0.05, 0.1) is 11.4 Å². The van der Waals surface area contributed by atoms with Gasteiger partial charge in [0.1, 0.15) is 0 Å². The highest BCUT2D eigenvalue weighted by molar-refractivity contribution is 6.30. The standard InChI is InChI=1S/C39H41ClN4.3ClH/c1-27-5-11-36(12-6-27)44(26-32-14-18-41-38(24-32)33-7-9-35(40)10-8-33)37-15-19-43(20-16-37)25-31-13-17-42-39(23-31)34-21-28(2)30(4)29(3)22-34;;;/h5-14,17-18,21-24,37H,15-16,19-20,25-26H2,1-4H3;3*1H. The van der Waals surface area contributed by atoms with E-state index < -0.39 is 0 Å². The van der Waals surface area contributed by atoms with Gasteiger partial charge in [0.15, 0.2) is 0 Å². The first-order valence-corrected chi connectivity index (χ1v) is 16.0. The Morgan fingerprint density at radius 2 is 1.23 bits per heavy atom. The average Bonchev–Trinajstić information content (AvgIpc) is 3.04. The number of anilines is 1. The fourth-order valence-corrected chi connectivity index (χ4v) is 6.40. The van der Waals surface area contributed by atoms with Crippen LogP contribution in [0.15, 0.2) is 97.3 Å². The van der Waals surface area contributed by atoms with Gasteiger partial charge in [-0.2, -0.15) is 0 Å². The Morgan fingerprint density at radius 3 is 1.85 bits per heavy atom. The first kappa shape index (κ1) is 38.3. The summed E-state index contributed by atoms with van der Waals surface area (Å²) in [5.74, 6) is 0. The van der Waals surface area contributed by atoms with E-state index in [2.05, 4.69) is 103 Å². The van der Waals surface area contributed by atoms with Crippen molar-refractivity contribution in [1.82, 2.24) is 14.9 Å². The van der Waals surface area contributed by atoms with E-state index in [0.717, 1.165) is 61.0 Å². The molecule has 1 aliphatic rings. The molecule has 1 fully saturated rings. The Morgan fingerprint density at radius 1 is 0.681 bits per heavy atom. The Balaban J connectivity index is 0.00000200. The van der Waals surface area contributed by atoms with Gasteiger partial charge in [0, 0.05) is 66.5 Å². The van der Waals surface area contributed by atoms with Crippen LogP contribution in [0.3, 0.4) is 0 Å².